The number of fused-ring (bicyclic) bond motifs is 1. The van der Waals surface area contributed by atoms with Crippen LogP contribution in [0.4, 0.5) is 5.69 Å². The molecule has 0 aliphatic carbocycles. The normalized spacial score (nSPS) is 22.4. The van der Waals surface area contributed by atoms with Gasteiger partial charge in [-0.15, -0.1) is 0 Å². The molecule has 0 radical (unpaired) electrons. The first-order chi connectivity index (χ1) is 13.5. The molecule has 138 valence electrons. The molecule has 3 heterocycles. The Bertz CT molecular complexity index is 1080. The monoisotopic (exact) mass is 374 g/mol. The first-order valence-corrected chi connectivity index (χ1v) is 8.82. The maximum Gasteiger partial charge on any atom is 0.327 e. The van der Waals surface area contributed by atoms with E-state index in [1.807, 2.05) is 0 Å². The van der Waals surface area contributed by atoms with Crippen LogP contribution in [-0.4, -0.2) is 45.8 Å². The van der Waals surface area contributed by atoms with Gasteiger partial charge in [0.15, 0.2) is 0 Å². The Morgan fingerprint density at radius 1 is 0.929 bits per heavy atom. The summed E-state index contributed by atoms with van der Waals surface area (Å²) in [6.45, 7) is 0. The van der Waals surface area contributed by atoms with E-state index in [9.17, 15) is 24.3 Å². The summed E-state index contributed by atoms with van der Waals surface area (Å²) in [6.07, 6.45) is 3.36. The van der Waals surface area contributed by atoms with Crippen LogP contribution in [0.3, 0.4) is 0 Å². The Hall–Kier alpha value is -3.74. The number of carboxylic acid groups (broad SMARTS) is 1. The fourth-order valence-corrected chi connectivity index (χ4v) is 4.20. The van der Waals surface area contributed by atoms with E-state index in [0.717, 1.165) is 10.5 Å². The molecule has 0 aromatic heterocycles. The highest BCUT2D eigenvalue weighted by molar-refractivity contribution is 6.24. The largest absolute Gasteiger partial charge is 0.480 e. The number of imide groups is 1. The zero-order valence-corrected chi connectivity index (χ0v) is 14.5. The average molecular weight is 374 g/mol. The second-order valence-corrected chi connectivity index (χ2v) is 6.95. The van der Waals surface area contributed by atoms with Gasteiger partial charge in [-0.2, -0.15) is 0 Å². The summed E-state index contributed by atoms with van der Waals surface area (Å²) >= 11 is 0. The van der Waals surface area contributed by atoms with E-state index >= 15 is 0 Å². The lowest BCUT2D eigenvalue weighted by Gasteiger charge is -2.29. The zero-order valence-electron chi connectivity index (χ0n) is 14.5. The van der Waals surface area contributed by atoms with Crippen molar-refractivity contribution in [1.29, 1.82) is 0 Å². The summed E-state index contributed by atoms with van der Waals surface area (Å²) in [6, 6.07) is 9.50. The van der Waals surface area contributed by atoms with Gasteiger partial charge in [-0.25, -0.2) is 4.79 Å². The summed E-state index contributed by atoms with van der Waals surface area (Å²) in [5, 5.41) is 9.65. The van der Waals surface area contributed by atoms with Crippen molar-refractivity contribution < 1.29 is 24.3 Å². The quantitative estimate of drug-likeness (QED) is 0.808. The van der Waals surface area contributed by atoms with Crippen molar-refractivity contribution in [2.45, 2.75) is 18.5 Å². The highest BCUT2D eigenvalue weighted by atomic mass is 16.4. The number of carbonyl (C=O) groups is 4. The number of rotatable bonds is 2. The van der Waals surface area contributed by atoms with Crippen molar-refractivity contribution in [2.24, 2.45) is 0 Å². The molecule has 5 rings (SSSR count). The number of para-hydroxylation sites is 1. The van der Waals surface area contributed by atoms with Crippen LogP contribution in [0.1, 0.15) is 31.8 Å². The molecule has 3 aliphatic heterocycles. The zero-order chi connectivity index (χ0) is 19.6. The van der Waals surface area contributed by atoms with Gasteiger partial charge in [-0.3, -0.25) is 24.2 Å². The molecule has 2 atom stereocenters. The van der Waals surface area contributed by atoms with Gasteiger partial charge < -0.3 is 5.11 Å². The van der Waals surface area contributed by atoms with Crippen molar-refractivity contribution in [2.75, 3.05) is 4.90 Å². The molecule has 7 nitrogen and oxygen atoms in total. The molecular formula is C21H14N2O5. The lowest BCUT2D eigenvalue weighted by atomic mass is 10.1. The Kier molecular flexibility index (Phi) is 3.30. The van der Waals surface area contributed by atoms with Gasteiger partial charge in [0.05, 0.1) is 16.8 Å². The highest BCUT2D eigenvalue weighted by Gasteiger charge is 2.48. The number of carbonyl (C=O) groups excluding carboxylic acids is 3. The standard InChI is InChI=1S/C21H14N2O5/c24-18-13-6-1-2-7-14(13)19(25)23(18)15-9-8-11-4-3-5-12-10-16(21(27)28)22(17(11)12)20(15)26/h1-9,15-16H,10H2,(H,27,28)/t15?,16-/m0/s1. The van der Waals surface area contributed by atoms with Gasteiger partial charge in [-0.1, -0.05) is 42.5 Å². The average Bonchev–Trinajstić information content (AvgIpc) is 3.15. The van der Waals surface area contributed by atoms with Crippen LogP contribution in [0, 0.1) is 0 Å². The van der Waals surface area contributed by atoms with Gasteiger partial charge >= 0.3 is 5.97 Å². The molecule has 0 fully saturated rings. The van der Waals surface area contributed by atoms with Gasteiger partial charge in [-0.05, 0) is 23.3 Å². The number of anilines is 1. The molecule has 2 aromatic rings. The van der Waals surface area contributed by atoms with Crippen molar-refractivity contribution in [3.8, 4) is 0 Å². The smallest absolute Gasteiger partial charge is 0.327 e. The highest BCUT2D eigenvalue weighted by Crippen LogP contribution is 2.40. The van der Waals surface area contributed by atoms with Gasteiger partial charge in [0, 0.05) is 6.42 Å². The van der Waals surface area contributed by atoms with Crippen LogP contribution < -0.4 is 4.90 Å². The Morgan fingerprint density at radius 3 is 2.25 bits per heavy atom. The number of nitrogens with zero attached hydrogens (tertiary/aromatic N) is 2. The number of hydrogen-bond acceptors (Lipinski definition) is 4. The number of carboxylic acids is 1. The minimum Gasteiger partial charge on any atom is -0.480 e. The van der Waals surface area contributed by atoms with Crippen LogP contribution >= 0.6 is 0 Å². The molecule has 2 aromatic carbocycles. The Morgan fingerprint density at radius 2 is 1.61 bits per heavy atom. The summed E-state index contributed by atoms with van der Waals surface area (Å²) in [4.78, 5) is 53.0. The van der Waals surface area contributed by atoms with E-state index in [1.54, 1.807) is 48.5 Å². The fourth-order valence-electron chi connectivity index (χ4n) is 4.20. The number of amides is 3. The predicted molar refractivity (Wildman–Crippen MR) is 98.8 cm³/mol. The lowest BCUT2D eigenvalue weighted by molar-refractivity contribution is -0.140. The van der Waals surface area contributed by atoms with E-state index < -0.39 is 35.8 Å². The Labute approximate surface area is 159 Å². The van der Waals surface area contributed by atoms with Crippen molar-refractivity contribution >= 4 is 35.5 Å². The Balaban J connectivity index is 1.63. The minimum atomic E-state index is -1.20. The predicted octanol–water partition coefficient (Wildman–Crippen LogP) is 1.72. The van der Waals surface area contributed by atoms with E-state index in [0.29, 0.717) is 11.3 Å². The van der Waals surface area contributed by atoms with Gasteiger partial charge in [0.2, 0.25) is 0 Å². The van der Waals surface area contributed by atoms with E-state index in [4.69, 9.17) is 0 Å². The molecule has 0 bridgehead atoms. The summed E-state index contributed by atoms with van der Waals surface area (Å²) in [7, 11) is 0. The van der Waals surface area contributed by atoms with Crippen molar-refractivity contribution in [3.05, 3.63) is 70.8 Å². The molecule has 1 N–H and O–H groups in total. The maximum atomic E-state index is 13.4. The first-order valence-electron chi connectivity index (χ1n) is 8.82. The summed E-state index contributed by atoms with van der Waals surface area (Å²) in [5.41, 5.74) is 2.47. The second kappa shape index (κ2) is 5.63. The van der Waals surface area contributed by atoms with Crippen LogP contribution in [0.15, 0.2) is 48.5 Å². The number of aliphatic carboxylic acids is 1. The topological polar surface area (TPSA) is 95.0 Å². The third kappa shape index (κ3) is 2.04. The number of hydrogen-bond donors (Lipinski definition) is 1. The van der Waals surface area contributed by atoms with Crippen molar-refractivity contribution in [1.82, 2.24) is 4.90 Å². The molecule has 0 saturated carbocycles. The summed E-state index contributed by atoms with van der Waals surface area (Å²) < 4.78 is 0. The lowest BCUT2D eigenvalue weighted by Crippen LogP contribution is -2.53. The third-order valence-corrected chi connectivity index (χ3v) is 5.45. The molecule has 7 heteroatoms. The minimum absolute atomic E-state index is 0.187. The van der Waals surface area contributed by atoms with Crippen LogP contribution in [0.5, 0.6) is 0 Å². The molecule has 0 saturated heterocycles. The van der Waals surface area contributed by atoms with Crippen molar-refractivity contribution in [3.63, 3.8) is 0 Å². The molecule has 28 heavy (non-hydrogen) atoms. The fraction of sp³-hybridized carbons (Fsp3) is 0.143. The van der Waals surface area contributed by atoms with E-state index in [-0.39, 0.29) is 17.5 Å². The second-order valence-electron chi connectivity index (χ2n) is 6.95. The molecule has 0 spiro atoms. The molecular weight excluding hydrogens is 360 g/mol. The number of benzene rings is 2. The molecule has 3 amide bonds. The van der Waals surface area contributed by atoms with Crippen LogP contribution in [0.25, 0.3) is 6.08 Å². The summed E-state index contributed by atoms with van der Waals surface area (Å²) in [5.74, 6) is -2.83. The first kappa shape index (κ1) is 16.4. The van der Waals surface area contributed by atoms with E-state index in [1.165, 1.54) is 11.0 Å². The molecule has 1 unspecified atom stereocenters. The van der Waals surface area contributed by atoms with Crippen LogP contribution in [-0.2, 0) is 16.0 Å². The van der Waals surface area contributed by atoms with Gasteiger partial charge in [0.25, 0.3) is 17.7 Å². The maximum absolute atomic E-state index is 13.4. The van der Waals surface area contributed by atoms with Gasteiger partial charge in [0.1, 0.15) is 12.1 Å². The third-order valence-electron chi connectivity index (χ3n) is 5.45. The van der Waals surface area contributed by atoms with E-state index in [2.05, 4.69) is 0 Å². The molecule has 3 aliphatic rings. The SMILES string of the molecule is O=C(O)[C@@H]1Cc2cccc3c2N1C(=O)C(N1C(=O)c2ccccc2C1=O)C=C3. The van der Waals surface area contributed by atoms with Crippen LogP contribution in [0.2, 0.25) is 0 Å².